The molecule has 1 aromatic heterocycles. The van der Waals surface area contributed by atoms with E-state index in [-0.39, 0.29) is 17.2 Å². The first kappa shape index (κ1) is 22.8. The Balaban J connectivity index is 1.56. The van der Waals surface area contributed by atoms with Crippen LogP contribution in [0.15, 0.2) is 92.3 Å². The van der Waals surface area contributed by atoms with Crippen LogP contribution in [0, 0.1) is 0 Å². The second kappa shape index (κ2) is 10.5. The quantitative estimate of drug-likeness (QED) is 0.168. The van der Waals surface area contributed by atoms with Crippen LogP contribution in [-0.2, 0) is 4.79 Å². The lowest BCUT2D eigenvalue weighted by Gasteiger charge is -2.13. The number of para-hydroxylation sites is 1. The first-order chi connectivity index (χ1) is 16.0. The molecule has 0 aliphatic heterocycles. The number of amides is 1. The van der Waals surface area contributed by atoms with Gasteiger partial charge in [0.1, 0.15) is 5.75 Å². The average molecular weight is 523 g/mol. The van der Waals surface area contributed by atoms with E-state index in [1.807, 2.05) is 30.3 Å². The summed E-state index contributed by atoms with van der Waals surface area (Å²) in [5, 5.41) is 4.91. The van der Waals surface area contributed by atoms with E-state index in [0.29, 0.717) is 27.5 Å². The molecule has 0 saturated carbocycles. The molecule has 3 aromatic carbocycles. The Hall–Kier alpha value is -3.43. The number of aromatic nitrogens is 2. The SMILES string of the molecule is COc1ccc(-n2c(SCC(=O)N/N=C/c3ccc(Br)cc3)nc3ccccc3c2=O)cc1. The van der Waals surface area contributed by atoms with Gasteiger partial charge in [-0.25, -0.2) is 10.4 Å². The molecular weight excluding hydrogens is 504 g/mol. The summed E-state index contributed by atoms with van der Waals surface area (Å²) in [4.78, 5) is 30.2. The maximum Gasteiger partial charge on any atom is 0.266 e. The van der Waals surface area contributed by atoms with Crippen molar-refractivity contribution in [3.63, 3.8) is 0 Å². The van der Waals surface area contributed by atoms with E-state index in [9.17, 15) is 9.59 Å². The predicted octanol–water partition coefficient (Wildman–Crippen LogP) is 4.40. The van der Waals surface area contributed by atoms with Crippen molar-refractivity contribution < 1.29 is 9.53 Å². The maximum atomic E-state index is 13.3. The lowest BCUT2D eigenvalue weighted by Crippen LogP contribution is -2.24. The van der Waals surface area contributed by atoms with Gasteiger partial charge in [0.15, 0.2) is 5.16 Å². The summed E-state index contributed by atoms with van der Waals surface area (Å²) >= 11 is 4.54. The third-order valence-electron chi connectivity index (χ3n) is 4.68. The Kier molecular flexibility index (Phi) is 7.21. The topological polar surface area (TPSA) is 85.6 Å². The lowest BCUT2D eigenvalue weighted by atomic mass is 10.2. The van der Waals surface area contributed by atoms with Gasteiger partial charge in [-0.2, -0.15) is 5.10 Å². The van der Waals surface area contributed by atoms with Crippen molar-refractivity contribution in [1.82, 2.24) is 15.0 Å². The van der Waals surface area contributed by atoms with Crippen molar-refractivity contribution in [3.05, 3.63) is 93.2 Å². The zero-order chi connectivity index (χ0) is 23.2. The molecule has 33 heavy (non-hydrogen) atoms. The van der Waals surface area contributed by atoms with Crippen molar-refractivity contribution in [2.75, 3.05) is 12.9 Å². The van der Waals surface area contributed by atoms with Gasteiger partial charge in [0, 0.05) is 4.47 Å². The molecule has 1 amide bonds. The zero-order valence-corrected chi connectivity index (χ0v) is 20.0. The minimum Gasteiger partial charge on any atom is -0.497 e. The van der Waals surface area contributed by atoms with E-state index in [1.165, 1.54) is 16.3 Å². The van der Waals surface area contributed by atoms with Crippen LogP contribution >= 0.6 is 27.7 Å². The van der Waals surface area contributed by atoms with Crippen molar-refractivity contribution in [3.8, 4) is 11.4 Å². The Morgan fingerprint density at radius 3 is 2.58 bits per heavy atom. The molecule has 7 nitrogen and oxygen atoms in total. The summed E-state index contributed by atoms with van der Waals surface area (Å²) in [5.74, 6) is 0.410. The van der Waals surface area contributed by atoms with E-state index in [0.717, 1.165) is 10.0 Å². The van der Waals surface area contributed by atoms with Crippen LogP contribution in [0.3, 0.4) is 0 Å². The molecule has 0 saturated heterocycles. The number of methoxy groups -OCH3 is 1. The third kappa shape index (κ3) is 5.50. The highest BCUT2D eigenvalue weighted by atomic mass is 79.9. The number of carbonyl (C=O) groups excluding carboxylic acids is 1. The Bertz CT molecular complexity index is 1370. The largest absolute Gasteiger partial charge is 0.497 e. The molecule has 166 valence electrons. The van der Waals surface area contributed by atoms with E-state index < -0.39 is 0 Å². The van der Waals surface area contributed by atoms with Crippen LogP contribution in [0.25, 0.3) is 16.6 Å². The zero-order valence-electron chi connectivity index (χ0n) is 17.6. The normalized spacial score (nSPS) is 11.1. The minimum atomic E-state index is -0.308. The predicted molar refractivity (Wildman–Crippen MR) is 134 cm³/mol. The van der Waals surface area contributed by atoms with Gasteiger partial charge in [-0.3, -0.25) is 14.2 Å². The fourth-order valence-electron chi connectivity index (χ4n) is 3.06. The highest BCUT2D eigenvalue weighted by Gasteiger charge is 2.15. The molecular formula is C24H19BrN4O3S. The van der Waals surface area contributed by atoms with Crippen molar-refractivity contribution >= 4 is 50.7 Å². The molecule has 0 aliphatic carbocycles. The van der Waals surface area contributed by atoms with Crippen LogP contribution in [0.2, 0.25) is 0 Å². The number of nitrogens with one attached hydrogen (secondary N) is 1. The van der Waals surface area contributed by atoms with Crippen LogP contribution < -0.4 is 15.7 Å². The molecule has 0 radical (unpaired) electrons. The van der Waals surface area contributed by atoms with Crippen molar-refractivity contribution in [1.29, 1.82) is 0 Å². The number of hydrogen-bond donors (Lipinski definition) is 1. The van der Waals surface area contributed by atoms with E-state index in [2.05, 4.69) is 31.4 Å². The first-order valence-electron chi connectivity index (χ1n) is 9.91. The van der Waals surface area contributed by atoms with Crippen LogP contribution in [0.1, 0.15) is 5.56 Å². The summed E-state index contributed by atoms with van der Waals surface area (Å²) in [6, 6.07) is 21.8. The number of halogens is 1. The molecule has 0 unspecified atom stereocenters. The third-order valence-corrected chi connectivity index (χ3v) is 6.15. The fourth-order valence-corrected chi connectivity index (χ4v) is 4.13. The van der Waals surface area contributed by atoms with Crippen molar-refractivity contribution in [2.24, 2.45) is 5.10 Å². The number of carbonyl (C=O) groups is 1. The van der Waals surface area contributed by atoms with Crippen molar-refractivity contribution in [2.45, 2.75) is 5.16 Å². The second-order valence-corrected chi connectivity index (χ2v) is 8.74. The van der Waals surface area contributed by atoms with Crippen LogP contribution in [0.5, 0.6) is 5.75 Å². The molecule has 0 bridgehead atoms. The van der Waals surface area contributed by atoms with Gasteiger partial charge in [0.2, 0.25) is 0 Å². The van der Waals surface area contributed by atoms with Gasteiger partial charge >= 0.3 is 0 Å². The molecule has 1 N–H and O–H groups in total. The molecule has 0 aliphatic rings. The van der Waals surface area contributed by atoms with Gasteiger partial charge in [0.05, 0.1) is 35.7 Å². The number of fused-ring (bicyclic) bond motifs is 1. The second-order valence-electron chi connectivity index (χ2n) is 6.88. The number of hydrazone groups is 1. The first-order valence-corrected chi connectivity index (χ1v) is 11.7. The molecule has 0 atom stereocenters. The van der Waals surface area contributed by atoms with Crippen LogP contribution in [-0.4, -0.2) is 34.5 Å². The minimum absolute atomic E-state index is 0.0403. The molecule has 4 rings (SSSR count). The molecule has 4 aromatic rings. The van der Waals surface area contributed by atoms with E-state index >= 15 is 0 Å². The van der Waals surface area contributed by atoms with E-state index in [4.69, 9.17) is 4.74 Å². The number of ether oxygens (including phenoxy) is 1. The highest BCUT2D eigenvalue weighted by molar-refractivity contribution is 9.10. The monoisotopic (exact) mass is 522 g/mol. The molecule has 9 heteroatoms. The molecule has 0 spiro atoms. The van der Waals surface area contributed by atoms with Gasteiger partial charge in [-0.15, -0.1) is 0 Å². The lowest BCUT2D eigenvalue weighted by molar-refractivity contribution is -0.118. The Labute approximate surface area is 202 Å². The fraction of sp³-hybridized carbons (Fsp3) is 0.0833. The highest BCUT2D eigenvalue weighted by Crippen LogP contribution is 2.22. The Morgan fingerprint density at radius 1 is 1.12 bits per heavy atom. The maximum absolute atomic E-state index is 13.3. The van der Waals surface area contributed by atoms with Gasteiger partial charge < -0.3 is 4.74 Å². The summed E-state index contributed by atoms with van der Waals surface area (Å²) in [5.41, 5.74) is 4.37. The number of rotatable bonds is 7. The van der Waals surface area contributed by atoms with Gasteiger partial charge in [0.25, 0.3) is 11.5 Å². The Morgan fingerprint density at radius 2 is 1.85 bits per heavy atom. The summed E-state index contributed by atoms with van der Waals surface area (Å²) < 4.78 is 7.68. The summed E-state index contributed by atoms with van der Waals surface area (Å²) in [6.07, 6.45) is 1.57. The standard InChI is InChI=1S/C24H19BrN4O3S/c1-32-19-12-10-18(11-13-19)29-23(31)20-4-2-3-5-21(20)27-24(29)33-15-22(30)28-26-14-16-6-8-17(25)9-7-16/h2-14H,15H2,1H3,(H,28,30)/b26-14+. The number of thioether (sulfide) groups is 1. The van der Waals surface area contributed by atoms with Gasteiger partial charge in [-0.1, -0.05) is 52.0 Å². The van der Waals surface area contributed by atoms with Gasteiger partial charge in [-0.05, 0) is 54.1 Å². The van der Waals surface area contributed by atoms with E-state index in [1.54, 1.807) is 55.8 Å². The number of nitrogens with zero attached hydrogens (tertiary/aromatic N) is 3. The number of benzene rings is 3. The molecule has 1 heterocycles. The summed E-state index contributed by atoms with van der Waals surface area (Å²) in [6.45, 7) is 0. The smallest absolute Gasteiger partial charge is 0.266 e. The number of hydrogen-bond acceptors (Lipinski definition) is 6. The summed E-state index contributed by atoms with van der Waals surface area (Å²) in [7, 11) is 1.58. The molecule has 0 fully saturated rings. The average Bonchev–Trinajstić information content (AvgIpc) is 2.84. The van der Waals surface area contributed by atoms with Crippen LogP contribution in [0.4, 0.5) is 0 Å².